The summed E-state index contributed by atoms with van der Waals surface area (Å²) in [4.78, 5) is 66.0. The summed E-state index contributed by atoms with van der Waals surface area (Å²) in [5, 5.41) is 24.7. The Labute approximate surface area is 293 Å². The summed E-state index contributed by atoms with van der Waals surface area (Å²) in [5.41, 5.74) is -1.02. The minimum Gasteiger partial charge on any atom is -0.507 e. The van der Waals surface area contributed by atoms with Crippen molar-refractivity contribution >= 4 is 51.8 Å². The molecule has 0 fully saturated rings. The lowest BCUT2D eigenvalue weighted by Crippen LogP contribution is -2.41. The van der Waals surface area contributed by atoms with Crippen LogP contribution in [-0.2, 0) is 19.1 Å². The Morgan fingerprint density at radius 2 is 1.73 bits per heavy atom. The summed E-state index contributed by atoms with van der Waals surface area (Å²) >= 11 is 2.29. The Morgan fingerprint density at radius 3 is 2.38 bits per heavy atom. The highest BCUT2D eigenvalue weighted by Gasteiger charge is 2.51. The summed E-state index contributed by atoms with van der Waals surface area (Å²) < 4.78 is 17.4. The molecule has 11 nitrogen and oxygen atoms in total. The van der Waals surface area contributed by atoms with Gasteiger partial charge in [-0.25, -0.2) is 0 Å². The highest BCUT2D eigenvalue weighted by atomic mass is 127. The lowest BCUT2D eigenvalue weighted by atomic mass is 9.81. The van der Waals surface area contributed by atoms with Gasteiger partial charge in [0.1, 0.15) is 17.6 Å². The molecule has 1 amide bonds. The van der Waals surface area contributed by atoms with Crippen molar-refractivity contribution in [2.45, 2.75) is 83.7 Å². The third kappa shape index (κ3) is 7.00. The third-order valence-electron chi connectivity index (χ3n) is 9.32. The number of hydrogen-bond acceptors (Lipinski definition) is 10. The fraction of sp³-hybridized carbons (Fsp3) is 0.472. The number of fused-ring (bicyclic) bond motifs is 14. The van der Waals surface area contributed by atoms with Gasteiger partial charge in [0.2, 0.25) is 5.78 Å². The Bertz CT molecular complexity index is 1670. The molecule has 8 atom stereocenters. The predicted molar refractivity (Wildman–Crippen MR) is 185 cm³/mol. The van der Waals surface area contributed by atoms with E-state index in [0.29, 0.717) is 6.42 Å². The number of rotatable bonds is 1. The number of amides is 1. The normalized spacial score (nSPS) is 33.8. The molecule has 1 aliphatic carbocycles. The Kier molecular flexibility index (Phi) is 11.1. The number of carbonyl (C=O) groups excluding carboxylic acids is 5. The molecule has 12 heteroatoms. The van der Waals surface area contributed by atoms with Crippen LogP contribution in [0.2, 0.25) is 0 Å². The van der Waals surface area contributed by atoms with Crippen molar-refractivity contribution in [3.05, 3.63) is 70.2 Å². The number of nitrogens with one attached hydrogen (secondary N) is 1. The monoisotopic (exact) mass is 775 g/mol. The maximum Gasteiger partial charge on any atom is 0.312 e. The SMILES string of the molecule is CC(=O)O[C@H]1[C@H](C)[C@H](I)[C@H](C)[C@@H](O)[C@@H](C)/C=C/C=C(/C)C(=O)NC2=CC(=O)c3c(c(O)c(C)c4c3C(=O)[C@@](C)(O/C=C/C[C@H]1C)O4)C2=O. The summed E-state index contributed by atoms with van der Waals surface area (Å²) in [6.45, 7) is 13.4. The molecular weight excluding hydrogens is 733 g/mol. The number of halogens is 1. The maximum absolute atomic E-state index is 13.8. The fourth-order valence-electron chi connectivity index (χ4n) is 6.32. The van der Waals surface area contributed by atoms with Crippen LogP contribution in [0.15, 0.2) is 47.9 Å². The molecule has 5 rings (SSSR count). The average Bonchev–Trinajstić information content (AvgIpc) is 3.29. The van der Waals surface area contributed by atoms with Crippen molar-refractivity contribution < 1.29 is 48.4 Å². The number of carbonyl (C=O) groups is 5. The van der Waals surface area contributed by atoms with E-state index >= 15 is 0 Å². The van der Waals surface area contributed by atoms with Gasteiger partial charge in [-0.2, -0.15) is 0 Å². The van der Waals surface area contributed by atoms with Gasteiger partial charge in [-0.05, 0) is 38.2 Å². The zero-order valence-electron chi connectivity index (χ0n) is 28.3. The van der Waals surface area contributed by atoms with Gasteiger partial charge in [-0.1, -0.05) is 68.5 Å². The number of ketones is 3. The smallest absolute Gasteiger partial charge is 0.312 e. The molecule has 0 saturated heterocycles. The number of aliphatic hydroxyl groups excluding tert-OH is 1. The van der Waals surface area contributed by atoms with Gasteiger partial charge >= 0.3 is 11.8 Å². The topological polar surface area (TPSA) is 166 Å². The van der Waals surface area contributed by atoms with Crippen LogP contribution in [0.1, 0.15) is 91.5 Å². The van der Waals surface area contributed by atoms with Gasteiger partial charge in [0.05, 0.1) is 34.8 Å². The predicted octanol–water partition coefficient (Wildman–Crippen LogP) is 5.45. The average molecular weight is 776 g/mol. The molecule has 0 unspecified atom stereocenters. The number of phenols is 1. The van der Waals surface area contributed by atoms with Crippen LogP contribution in [0, 0.1) is 30.6 Å². The zero-order chi connectivity index (χ0) is 35.8. The molecule has 0 saturated carbocycles. The molecule has 0 radical (unpaired) electrons. The number of aliphatic hydroxyl groups is 1. The summed E-state index contributed by atoms with van der Waals surface area (Å²) in [5.74, 6) is -6.84. The van der Waals surface area contributed by atoms with Crippen molar-refractivity contribution in [3.8, 4) is 11.5 Å². The number of esters is 1. The van der Waals surface area contributed by atoms with Crippen LogP contribution in [-0.4, -0.2) is 61.4 Å². The van der Waals surface area contributed by atoms with Gasteiger partial charge in [-0.15, -0.1) is 0 Å². The molecule has 3 heterocycles. The van der Waals surface area contributed by atoms with E-state index in [1.165, 1.54) is 40.0 Å². The second-order valence-corrected chi connectivity index (χ2v) is 14.5. The van der Waals surface area contributed by atoms with Crippen LogP contribution < -0.4 is 10.1 Å². The molecule has 4 aliphatic rings. The molecule has 48 heavy (non-hydrogen) atoms. The van der Waals surface area contributed by atoms with Crippen molar-refractivity contribution in [1.82, 2.24) is 5.32 Å². The lowest BCUT2D eigenvalue weighted by Gasteiger charge is -2.36. The fourth-order valence-corrected chi connectivity index (χ4v) is 7.16. The molecule has 3 N–H and O–H groups in total. The van der Waals surface area contributed by atoms with Crippen molar-refractivity contribution in [2.75, 3.05) is 0 Å². The van der Waals surface area contributed by atoms with Crippen LogP contribution in [0.3, 0.4) is 0 Å². The van der Waals surface area contributed by atoms with E-state index in [4.69, 9.17) is 14.2 Å². The lowest BCUT2D eigenvalue weighted by molar-refractivity contribution is -0.152. The van der Waals surface area contributed by atoms with Crippen molar-refractivity contribution in [1.29, 1.82) is 0 Å². The van der Waals surface area contributed by atoms with E-state index in [-0.39, 0.29) is 61.3 Å². The molecule has 258 valence electrons. The largest absolute Gasteiger partial charge is 0.507 e. The maximum atomic E-state index is 13.8. The van der Waals surface area contributed by atoms with E-state index in [1.807, 2.05) is 27.7 Å². The van der Waals surface area contributed by atoms with Crippen LogP contribution in [0.4, 0.5) is 0 Å². The van der Waals surface area contributed by atoms with Crippen LogP contribution in [0.25, 0.3) is 0 Å². The Morgan fingerprint density at radius 1 is 1.06 bits per heavy atom. The van der Waals surface area contributed by atoms with Crippen molar-refractivity contribution in [2.24, 2.45) is 23.7 Å². The standard InChI is InChI=1S/C36H42INO10/c1-16-11-9-12-18(3)35(45)38-23-15-24(40)25-26(31(23)43)30(42)21(6)33-27(25)34(44)36(8,48-33)46-14-10-13-17(2)32(47-22(7)39)20(5)28(37)19(4)29(16)41/h9-12,14-17,19-20,28-29,32,41-42H,13H2,1-8H3,(H,38,45)/b11-9+,14-10+,18-12-/t16-,17+,19-,20+,28+,29-,32+,36-/m0/s1. The number of ether oxygens (including phenoxy) is 3. The number of hydrogen-bond donors (Lipinski definition) is 3. The summed E-state index contributed by atoms with van der Waals surface area (Å²) in [6.07, 6.45) is 7.94. The number of allylic oxidation sites excluding steroid dienone is 5. The zero-order valence-corrected chi connectivity index (χ0v) is 30.4. The molecule has 0 aromatic heterocycles. The third-order valence-corrected chi connectivity index (χ3v) is 11.6. The first-order valence-electron chi connectivity index (χ1n) is 15.8. The summed E-state index contributed by atoms with van der Waals surface area (Å²) in [7, 11) is 0. The van der Waals surface area contributed by atoms with Gasteiger partial charge < -0.3 is 29.7 Å². The summed E-state index contributed by atoms with van der Waals surface area (Å²) in [6, 6.07) is 0. The first-order chi connectivity index (χ1) is 22.4. The number of alkyl halides is 1. The number of aromatic hydroxyl groups is 1. The van der Waals surface area contributed by atoms with E-state index in [0.717, 1.165) is 6.08 Å². The first kappa shape index (κ1) is 37.0. The number of Topliss-reactive ketones (excluding diaryl/α,β-unsaturated/α-hetero) is 2. The van der Waals surface area contributed by atoms with Crippen LogP contribution in [0.5, 0.6) is 11.5 Å². The molecule has 5 bridgehead atoms. The molecular formula is C36H42INO10. The van der Waals surface area contributed by atoms with Gasteiger partial charge in [0, 0.05) is 46.8 Å². The second kappa shape index (κ2) is 14.4. The van der Waals surface area contributed by atoms with Crippen molar-refractivity contribution in [3.63, 3.8) is 0 Å². The molecule has 0 spiro atoms. The number of phenolic OH excluding ortho intramolecular Hbond substituents is 1. The van der Waals surface area contributed by atoms with Gasteiger partial charge in [0.15, 0.2) is 5.78 Å². The highest BCUT2D eigenvalue weighted by Crippen LogP contribution is 2.48. The van der Waals surface area contributed by atoms with E-state index in [1.54, 1.807) is 18.2 Å². The minimum atomic E-state index is -1.92. The molecule has 3 aliphatic heterocycles. The first-order valence-corrected chi connectivity index (χ1v) is 17.1. The quantitative estimate of drug-likeness (QED) is 0.190. The Hall–Kier alpha value is -3.78. The highest BCUT2D eigenvalue weighted by molar-refractivity contribution is 14.1. The Balaban J connectivity index is 1.78. The van der Waals surface area contributed by atoms with E-state index in [2.05, 4.69) is 27.9 Å². The second-order valence-electron chi connectivity index (χ2n) is 13.0. The van der Waals surface area contributed by atoms with E-state index in [9.17, 15) is 34.2 Å². The molecule has 1 aromatic rings. The number of benzene rings is 1. The van der Waals surface area contributed by atoms with Gasteiger partial charge in [-0.3, -0.25) is 24.0 Å². The minimum absolute atomic E-state index is 0.0552. The van der Waals surface area contributed by atoms with E-state index < -0.39 is 58.5 Å². The van der Waals surface area contributed by atoms with Gasteiger partial charge in [0.25, 0.3) is 11.7 Å². The molecule has 1 aromatic carbocycles. The van der Waals surface area contributed by atoms with Crippen LogP contribution >= 0.6 is 22.6 Å².